The minimum atomic E-state index is -0.190. The van der Waals surface area contributed by atoms with Gasteiger partial charge in [-0.1, -0.05) is 37.6 Å². The van der Waals surface area contributed by atoms with E-state index in [9.17, 15) is 9.59 Å². The van der Waals surface area contributed by atoms with E-state index >= 15 is 0 Å². The Balaban J connectivity index is 1.90. The van der Waals surface area contributed by atoms with Crippen LogP contribution in [0.25, 0.3) is 0 Å². The van der Waals surface area contributed by atoms with Crippen molar-refractivity contribution in [3.05, 3.63) is 58.1 Å². The molecule has 0 unspecified atom stereocenters. The average molecular weight is 371 g/mol. The van der Waals surface area contributed by atoms with Gasteiger partial charge in [-0.25, -0.2) is 0 Å². The van der Waals surface area contributed by atoms with Gasteiger partial charge in [0, 0.05) is 34.9 Å². The van der Waals surface area contributed by atoms with Crippen molar-refractivity contribution in [3.8, 4) is 0 Å². The van der Waals surface area contributed by atoms with Gasteiger partial charge in [-0.3, -0.25) is 9.59 Å². The number of aryl methyl sites for hydroxylation is 1. The summed E-state index contributed by atoms with van der Waals surface area (Å²) in [4.78, 5) is 26.6. The first-order chi connectivity index (χ1) is 12.5. The Bertz CT molecular complexity index is 848. The van der Waals surface area contributed by atoms with Crippen LogP contribution < -0.4 is 10.2 Å². The van der Waals surface area contributed by atoms with Crippen LogP contribution in [0, 0.1) is 0 Å². The van der Waals surface area contributed by atoms with Crippen molar-refractivity contribution in [2.75, 3.05) is 16.8 Å². The van der Waals surface area contributed by atoms with Gasteiger partial charge < -0.3 is 10.2 Å². The number of benzene rings is 2. The maximum Gasteiger partial charge on any atom is 0.255 e. The van der Waals surface area contributed by atoms with Gasteiger partial charge in [-0.2, -0.15) is 0 Å². The Kier molecular flexibility index (Phi) is 5.62. The second-order valence-electron chi connectivity index (χ2n) is 6.42. The molecule has 0 bridgehead atoms. The zero-order valence-corrected chi connectivity index (χ0v) is 15.9. The zero-order chi connectivity index (χ0) is 18.7. The molecule has 3 rings (SSSR count). The summed E-state index contributed by atoms with van der Waals surface area (Å²) in [6.07, 6.45) is 2.98. The number of carbonyl (C=O) groups is 2. The molecular weight excluding hydrogens is 348 g/mol. The topological polar surface area (TPSA) is 49.4 Å². The molecule has 2 aromatic rings. The Hall–Kier alpha value is -2.33. The fraction of sp³-hybridized carbons (Fsp3) is 0.333. The van der Waals surface area contributed by atoms with E-state index in [0.29, 0.717) is 23.6 Å². The van der Waals surface area contributed by atoms with Gasteiger partial charge in [0.2, 0.25) is 5.91 Å². The molecule has 26 heavy (non-hydrogen) atoms. The van der Waals surface area contributed by atoms with Gasteiger partial charge in [0.1, 0.15) is 0 Å². The Morgan fingerprint density at radius 2 is 2.00 bits per heavy atom. The molecule has 4 nitrogen and oxygen atoms in total. The third-order valence-electron chi connectivity index (χ3n) is 4.81. The molecule has 5 heteroatoms. The minimum Gasteiger partial charge on any atom is -0.321 e. The standard InChI is InChI=1S/C21H23ClN2O2/c1-3-14-10-11-18(22)17(4-2)20(14)23-21(26)15-7-5-8-16(13-15)24-12-6-9-19(24)25/h5,7-8,10-11,13H,3-4,6,9,12H2,1-2H3,(H,23,26). The van der Waals surface area contributed by atoms with Crippen LogP contribution >= 0.6 is 11.6 Å². The second-order valence-corrected chi connectivity index (χ2v) is 6.83. The Morgan fingerprint density at radius 3 is 2.65 bits per heavy atom. The SMILES string of the molecule is CCc1ccc(Cl)c(CC)c1NC(=O)c1cccc(N2CCCC2=O)c1. The Morgan fingerprint density at radius 1 is 1.19 bits per heavy atom. The van der Waals surface area contributed by atoms with Crippen molar-refractivity contribution in [3.63, 3.8) is 0 Å². The molecule has 136 valence electrons. The van der Waals surface area contributed by atoms with Crippen LogP contribution in [0.15, 0.2) is 36.4 Å². The fourth-order valence-corrected chi connectivity index (χ4v) is 3.68. The van der Waals surface area contributed by atoms with Crippen LogP contribution in [0.5, 0.6) is 0 Å². The summed E-state index contributed by atoms with van der Waals surface area (Å²) >= 11 is 6.32. The highest BCUT2D eigenvalue weighted by atomic mass is 35.5. The minimum absolute atomic E-state index is 0.110. The lowest BCUT2D eigenvalue weighted by Gasteiger charge is -2.18. The highest BCUT2D eigenvalue weighted by molar-refractivity contribution is 6.32. The predicted octanol–water partition coefficient (Wildman–Crippen LogP) is 4.84. The smallest absolute Gasteiger partial charge is 0.255 e. The molecule has 1 N–H and O–H groups in total. The number of amides is 2. The van der Waals surface area contributed by atoms with Crippen molar-refractivity contribution < 1.29 is 9.59 Å². The van der Waals surface area contributed by atoms with Crippen LogP contribution in [0.4, 0.5) is 11.4 Å². The van der Waals surface area contributed by atoms with Gasteiger partial charge in [0.05, 0.1) is 0 Å². The Labute approximate surface area is 159 Å². The molecule has 1 fully saturated rings. The van der Waals surface area contributed by atoms with Crippen molar-refractivity contribution in [1.29, 1.82) is 0 Å². The molecule has 0 aromatic heterocycles. The monoisotopic (exact) mass is 370 g/mol. The lowest BCUT2D eigenvalue weighted by Crippen LogP contribution is -2.24. The van der Waals surface area contributed by atoms with Crippen molar-refractivity contribution in [1.82, 2.24) is 0 Å². The third kappa shape index (κ3) is 3.61. The average Bonchev–Trinajstić information content (AvgIpc) is 3.08. The number of carbonyl (C=O) groups excluding carboxylic acids is 2. The summed E-state index contributed by atoms with van der Waals surface area (Å²) in [7, 11) is 0. The summed E-state index contributed by atoms with van der Waals surface area (Å²) in [5.74, 6) is -0.0795. The van der Waals surface area contributed by atoms with E-state index in [4.69, 9.17) is 11.6 Å². The van der Waals surface area contributed by atoms with E-state index in [1.54, 1.807) is 17.0 Å². The molecule has 0 saturated carbocycles. The van der Waals surface area contributed by atoms with Crippen LogP contribution in [0.1, 0.15) is 48.2 Å². The normalized spacial score (nSPS) is 14.0. The number of hydrogen-bond acceptors (Lipinski definition) is 2. The molecule has 0 aliphatic carbocycles. The molecule has 1 aliphatic rings. The number of halogens is 1. The summed E-state index contributed by atoms with van der Waals surface area (Å²) in [5.41, 5.74) is 4.12. The number of hydrogen-bond donors (Lipinski definition) is 1. The van der Waals surface area contributed by atoms with E-state index < -0.39 is 0 Å². The van der Waals surface area contributed by atoms with E-state index in [-0.39, 0.29) is 11.8 Å². The van der Waals surface area contributed by atoms with E-state index in [1.807, 2.05) is 31.2 Å². The molecule has 0 radical (unpaired) electrons. The molecule has 0 atom stereocenters. The van der Waals surface area contributed by atoms with Gasteiger partial charge >= 0.3 is 0 Å². The summed E-state index contributed by atoms with van der Waals surface area (Å²) < 4.78 is 0. The third-order valence-corrected chi connectivity index (χ3v) is 5.16. The largest absolute Gasteiger partial charge is 0.321 e. The molecular formula is C21H23ClN2O2. The maximum atomic E-state index is 12.9. The molecule has 2 amide bonds. The van der Waals surface area contributed by atoms with Gasteiger partial charge in [-0.15, -0.1) is 0 Å². The van der Waals surface area contributed by atoms with Gasteiger partial charge in [0.25, 0.3) is 5.91 Å². The van der Waals surface area contributed by atoms with Crippen molar-refractivity contribution in [2.24, 2.45) is 0 Å². The molecule has 0 spiro atoms. The quantitative estimate of drug-likeness (QED) is 0.818. The van der Waals surface area contributed by atoms with Crippen LogP contribution in [-0.2, 0) is 17.6 Å². The first-order valence-electron chi connectivity index (χ1n) is 9.07. The number of nitrogens with one attached hydrogen (secondary N) is 1. The van der Waals surface area contributed by atoms with Crippen LogP contribution in [0.2, 0.25) is 5.02 Å². The highest BCUT2D eigenvalue weighted by Gasteiger charge is 2.22. The van der Waals surface area contributed by atoms with Crippen LogP contribution in [-0.4, -0.2) is 18.4 Å². The molecule has 2 aromatic carbocycles. The number of anilines is 2. The molecule has 1 saturated heterocycles. The van der Waals surface area contributed by atoms with E-state index in [0.717, 1.165) is 41.8 Å². The highest BCUT2D eigenvalue weighted by Crippen LogP contribution is 2.30. The van der Waals surface area contributed by atoms with Gasteiger partial charge in [-0.05, 0) is 54.7 Å². The summed E-state index contributed by atoms with van der Waals surface area (Å²) in [6.45, 7) is 4.78. The van der Waals surface area contributed by atoms with Crippen molar-refractivity contribution in [2.45, 2.75) is 39.5 Å². The molecule has 1 aliphatic heterocycles. The van der Waals surface area contributed by atoms with Crippen LogP contribution in [0.3, 0.4) is 0 Å². The molecule has 1 heterocycles. The fourth-order valence-electron chi connectivity index (χ4n) is 3.39. The predicted molar refractivity (Wildman–Crippen MR) is 106 cm³/mol. The lowest BCUT2D eigenvalue weighted by molar-refractivity contribution is -0.117. The second kappa shape index (κ2) is 7.92. The van der Waals surface area contributed by atoms with Gasteiger partial charge in [0.15, 0.2) is 0 Å². The zero-order valence-electron chi connectivity index (χ0n) is 15.1. The van der Waals surface area contributed by atoms with Crippen molar-refractivity contribution >= 4 is 34.8 Å². The van der Waals surface area contributed by atoms with E-state index in [2.05, 4.69) is 12.2 Å². The van der Waals surface area contributed by atoms with E-state index in [1.165, 1.54) is 0 Å². The number of nitrogens with zero attached hydrogens (tertiary/aromatic N) is 1. The summed E-state index contributed by atoms with van der Waals surface area (Å²) in [6, 6.07) is 11.1. The summed E-state index contributed by atoms with van der Waals surface area (Å²) in [5, 5.41) is 3.70. The first-order valence-corrected chi connectivity index (χ1v) is 9.45. The maximum absolute atomic E-state index is 12.9. The lowest BCUT2D eigenvalue weighted by atomic mass is 10.0. The number of rotatable bonds is 5. The first kappa shape index (κ1) is 18.5.